The number of hydrogen-bond donors (Lipinski definition) is 2. The lowest BCUT2D eigenvalue weighted by molar-refractivity contribution is 0.0728. The SMILES string of the molecule is CCC(C)NC1(CO)CCN(CC)CC1. The number of nitrogens with one attached hydrogen (secondary N) is 1. The molecule has 3 nitrogen and oxygen atoms in total. The van der Waals surface area contributed by atoms with Crippen LogP contribution in [0.25, 0.3) is 0 Å². The molecule has 1 heterocycles. The highest BCUT2D eigenvalue weighted by Gasteiger charge is 2.33. The summed E-state index contributed by atoms with van der Waals surface area (Å²) < 4.78 is 0. The number of nitrogens with zero attached hydrogens (tertiary/aromatic N) is 1. The molecule has 1 unspecified atom stereocenters. The molecule has 0 radical (unpaired) electrons. The van der Waals surface area contributed by atoms with E-state index in [9.17, 15) is 5.11 Å². The Morgan fingerprint density at radius 2 is 1.93 bits per heavy atom. The Hall–Kier alpha value is -0.120. The average Bonchev–Trinajstić information content (AvgIpc) is 2.30. The number of likely N-dealkylation sites (tertiary alicyclic amines) is 1. The number of rotatable bonds is 5. The minimum Gasteiger partial charge on any atom is -0.394 e. The van der Waals surface area contributed by atoms with Gasteiger partial charge < -0.3 is 15.3 Å². The number of aliphatic hydroxyl groups is 1. The van der Waals surface area contributed by atoms with E-state index < -0.39 is 0 Å². The van der Waals surface area contributed by atoms with Crippen LogP contribution in [-0.2, 0) is 0 Å². The first-order valence-corrected chi connectivity index (χ1v) is 6.26. The maximum Gasteiger partial charge on any atom is 0.0614 e. The Bertz CT molecular complexity index is 176. The van der Waals surface area contributed by atoms with Crippen LogP contribution < -0.4 is 5.32 Å². The standard InChI is InChI=1S/C12H26N2O/c1-4-11(3)13-12(10-15)6-8-14(5-2)9-7-12/h11,13,15H,4-10H2,1-3H3. The Labute approximate surface area is 93.9 Å². The first-order valence-electron chi connectivity index (χ1n) is 6.26. The van der Waals surface area contributed by atoms with Gasteiger partial charge in [-0.2, -0.15) is 0 Å². The normalized spacial score (nSPS) is 24.0. The molecule has 90 valence electrons. The van der Waals surface area contributed by atoms with Gasteiger partial charge in [0.15, 0.2) is 0 Å². The highest BCUT2D eigenvalue weighted by Crippen LogP contribution is 2.22. The van der Waals surface area contributed by atoms with E-state index in [1.165, 1.54) is 0 Å². The summed E-state index contributed by atoms with van der Waals surface area (Å²) in [7, 11) is 0. The molecule has 3 heteroatoms. The molecule has 1 aliphatic heterocycles. The topological polar surface area (TPSA) is 35.5 Å². The molecule has 0 bridgehead atoms. The quantitative estimate of drug-likeness (QED) is 0.722. The van der Waals surface area contributed by atoms with Crippen molar-refractivity contribution in [3.63, 3.8) is 0 Å². The zero-order valence-electron chi connectivity index (χ0n) is 10.4. The Morgan fingerprint density at radius 3 is 2.33 bits per heavy atom. The summed E-state index contributed by atoms with van der Waals surface area (Å²) in [5.74, 6) is 0. The summed E-state index contributed by atoms with van der Waals surface area (Å²) in [5, 5.41) is 13.2. The van der Waals surface area contributed by atoms with Gasteiger partial charge in [-0.05, 0) is 45.8 Å². The van der Waals surface area contributed by atoms with E-state index >= 15 is 0 Å². The van der Waals surface area contributed by atoms with Crippen LogP contribution in [0.2, 0.25) is 0 Å². The van der Waals surface area contributed by atoms with Gasteiger partial charge in [-0.1, -0.05) is 13.8 Å². The summed E-state index contributed by atoms with van der Waals surface area (Å²) >= 11 is 0. The molecule has 0 spiro atoms. The summed E-state index contributed by atoms with van der Waals surface area (Å²) in [5.41, 5.74) is -0.0128. The van der Waals surface area contributed by atoms with Crippen molar-refractivity contribution in [3.8, 4) is 0 Å². The lowest BCUT2D eigenvalue weighted by atomic mass is 9.87. The van der Waals surface area contributed by atoms with E-state index in [1.54, 1.807) is 0 Å². The third-order valence-corrected chi connectivity index (χ3v) is 3.73. The molecule has 1 atom stereocenters. The van der Waals surface area contributed by atoms with Crippen molar-refractivity contribution in [3.05, 3.63) is 0 Å². The van der Waals surface area contributed by atoms with Crippen molar-refractivity contribution in [1.82, 2.24) is 10.2 Å². The largest absolute Gasteiger partial charge is 0.394 e. The smallest absolute Gasteiger partial charge is 0.0614 e. The van der Waals surface area contributed by atoms with Crippen molar-refractivity contribution in [2.24, 2.45) is 0 Å². The molecule has 1 saturated heterocycles. The van der Waals surface area contributed by atoms with Crippen LogP contribution in [0.15, 0.2) is 0 Å². The number of hydrogen-bond acceptors (Lipinski definition) is 3. The van der Waals surface area contributed by atoms with Crippen LogP contribution in [0.4, 0.5) is 0 Å². The first kappa shape index (κ1) is 12.9. The number of aliphatic hydroxyl groups excluding tert-OH is 1. The molecular weight excluding hydrogens is 188 g/mol. The van der Waals surface area contributed by atoms with E-state index in [2.05, 4.69) is 31.0 Å². The van der Waals surface area contributed by atoms with Gasteiger partial charge in [-0.25, -0.2) is 0 Å². The molecule has 15 heavy (non-hydrogen) atoms. The van der Waals surface area contributed by atoms with Crippen molar-refractivity contribution < 1.29 is 5.11 Å². The third-order valence-electron chi connectivity index (χ3n) is 3.73. The zero-order chi connectivity index (χ0) is 11.3. The van der Waals surface area contributed by atoms with Gasteiger partial charge in [0.2, 0.25) is 0 Å². The first-order chi connectivity index (χ1) is 7.15. The van der Waals surface area contributed by atoms with Crippen LogP contribution in [0.3, 0.4) is 0 Å². The molecule has 1 rings (SSSR count). The number of piperidine rings is 1. The van der Waals surface area contributed by atoms with Crippen LogP contribution >= 0.6 is 0 Å². The Balaban J connectivity index is 2.48. The third kappa shape index (κ3) is 3.44. The lowest BCUT2D eigenvalue weighted by Crippen LogP contribution is -2.58. The molecule has 0 aromatic rings. The molecule has 2 N–H and O–H groups in total. The average molecular weight is 214 g/mol. The maximum atomic E-state index is 9.56. The molecule has 0 amide bonds. The fourth-order valence-electron chi connectivity index (χ4n) is 2.27. The van der Waals surface area contributed by atoms with E-state index in [0.29, 0.717) is 6.04 Å². The van der Waals surface area contributed by atoms with Crippen molar-refractivity contribution in [1.29, 1.82) is 0 Å². The van der Waals surface area contributed by atoms with E-state index in [-0.39, 0.29) is 12.1 Å². The van der Waals surface area contributed by atoms with Gasteiger partial charge in [0.05, 0.1) is 6.61 Å². The van der Waals surface area contributed by atoms with Gasteiger partial charge in [-0.3, -0.25) is 0 Å². The molecule has 0 aromatic carbocycles. The maximum absolute atomic E-state index is 9.56. The Kier molecular flexibility index (Phi) is 5.03. The zero-order valence-corrected chi connectivity index (χ0v) is 10.4. The molecular formula is C12H26N2O. The van der Waals surface area contributed by atoms with Crippen molar-refractivity contribution in [2.75, 3.05) is 26.2 Å². The second-order valence-electron chi connectivity index (χ2n) is 4.83. The second-order valence-corrected chi connectivity index (χ2v) is 4.83. The monoisotopic (exact) mass is 214 g/mol. The van der Waals surface area contributed by atoms with Crippen LogP contribution in [0.5, 0.6) is 0 Å². The van der Waals surface area contributed by atoms with E-state index in [4.69, 9.17) is 0 Å². The van der Waals surface area contributed by atoms with Crippen molar-refractivity contribution >= 4 is 0 Å². The van der Waals surface area contributed by atoms with E-state index in [0.717, 1.165) is 38.9 Å². The molecule has 0 aromatic heterocycles. The van der Waals surface area contributed by atoms with Crippen LogP contribution in [0, 0.1) is 0 Å². The van der Waals surface area contributed by atoms with Gasteiger partial charge in [0.25, 0.3) is 0 Å². The van der Waals surface area contributed by atoms with Gasteiger partial charge in [-0.15, -0.1) is 0 Å². The second kappa shape index (κ2) is 5.83. The van der Waals surface area contributed by atoms with Crippen molar-refractivity contribution in [2.45, 2.75) is 51.6 Å². The van der Waals surface area contributed by atoms with Gasteiger partial charge in [0, 0.05) is 11.6 Å². The summed E-state index contributed by atoms with van der Waals surface area (Å²) in [4.78, 5) is 2.45. The van der Waals surface area contributed by atoms with Gasteiger partial charge >= 0.3 is 0 Å². The Morgan fingerprint density at radius 1 is 1.33 bits per heavy atom. The molecule has 1 aliphatic rings. The lowest BCUT2D eigenvalue weighted by Gasteiger charge is -2.42. The molecule has 0 saturated carbocycles. The summed E-state index contributed by atoms with van der Waals surface area (Å²) in [6, 6.07) is 0.505. The van der Waals surface area contributed by atoms with Crippen LogP contribution in [0.1, 0.15) is 40.0 Å². The highest BCUT2D eigenvalue weighted by atomic mass is 16.3. The van der Waals surface area contributed by atoms with Gasteiger partial charge in [0.1, 0.15) is 0 Å². The predicted octanol–water partition coefficient (Wildman–Crippen LogP) is 1.22. The van der Waals surface area contributed by atoms with E-state index in [1.807, 2.05) is 0 Å². The fourth-order valence-corrected chi connectivity index (χ4v) is 2.27. The minimum atomic E-state index is -0.0128. The fraction of sp³-hybridized carbons (Fsp3) is 1.00. The minimum absolute atomic E-state index is 0.0128. The summed E-state index contributed by atoms with van der Waals surface area (Å²) in [6.45, 7) is 10.2. The molecule has 0 aliphatic carbocycles. The van der Waals surface area contributed by atoms with Crippen LogP contribution in [-0.4, -0.2) is 47.8 Å². The highest BCUT2D eigenvalue weighted by molar-refractivity contribution is 4.94. The summed E-state index contributed by atoms with van der Waals surface area (Å²) in [6.07, 6.45) is 3.27. The predicted molar refractivity (Wildman–Crippen MR) is 64.1 cm³/mol. The molecule has 1 fully saturated rings.